The molecule has 0 spiro atoms. The topological polar surface area (TPSA) is 32.7 Å². The highest BCUT2D eigenvalue weighted by Crippen LogP contribution is 2.73. The van der Waals surface area contributed by atoms with Crippen LogP contribution in [0.15, 0.2) is 0 Å². The van der Waals surface area contributed by atoms with Crippen LogP contribution in [0.3, 0.4) is 0 Å². The van der Waals surface area contributed by atoms with Gasteiger partial charge in [-0.3, -0.25) is 4.90 Å². The van der Waals surface area contributed by atoms with Crippen LogP contribution in [0.25, 0.3) is 0 Å². The van der Waals surface area contributed by atoms with E-state index in [2.05, 4.69) is 25.8 Å². The number of nitrogens with zero attached hydrogens (tertiary/aromatic N) is 1. The second-order valence-corrected chi connectivity index (χ2v) is 10.9. The van der Waals surface area contributed by atoms with Gasteiger partial charge in [0.2, 0.25) is 0 Å². The highest BCUT2D eigenvalue weighted by Gasteiger charge is 2.67. The minimum Gasteiger partial charge on any atom is -0.389 e. The van der Waals surface area contributed by atoms with Crippen molar-refractivity contribution in [1.82, 2.24) is 4.90 Å². The molecule has 0 aromatic heterocycles. The van der Waals surface area contributed by atoms with E-state index in [-0.39, 0.29) is 5.41 Å². The molecule has 2 saturated heterocycles. The molecule has 4 atom stereocenters. The normalized spacial score (nSPS) is 61.8. The minimum atomic E-state index is -0.458. The summed E-state index contributed by atoms with van der Waals surface area (Å²) >= 11 is 0. The van der Waals surface area contributed by atoms with Crippen LogP contribution in [0.5, 0.6) is 0 Å². The van der Waals surface area contributed by atoms with Gasteiger partial charge in [-0.25, -0.2) is 0 Å². The first-order valence-corrected chi connectivity index (χ1v) is 9.76. The largest absolute Gasteiger partial charge is 0.389 e. The number of aliphatic hydroxyl groups is 1. The van der Waals surface area contributed by atoms with Crippen molar-refractivity contribution < 1.29 is 9.84 Å². The van der Waals surface area contributed by atoms with E-state index in [0.717, 1.165) is 32.0 Å². The lowest BCUT2D eigenvalue weighted by atomic mass is 9.36. The first-order chi connectivity index (χ1) is 10.7. The van der Waals surface area contributed by atoms with E-state index < -0.39 is 5.60 Å². The van der Waals surface area contributed by atoms with Crippen molar-refractivity contribution in [3.63, 3.8) is 0 Å². The van der Waals surface area contributed by atoms with Crippen molar-refractivity contribution in [2.45, 2.75) is 82.9 Å². The van der Waals surface area contributed by atoms with Crippen LogP contribution in [0.1, 0.15) is 65.2 Å². The van der Waals surface area contributed by atoms with Gasteiger partial charge in [0.15, 0.2) is 0 Å². The van der Waals surface area contributed by atoms with Gasteiger partial charge in [0, 0.05) is 17.5 Å². The summed E-state index contributed by atoms with van der Waals surface area (Å²) in [5.74, 6) is 0.862. The molecule has 6 fully saturated rings. The zero-order chi connectivity index (χ0) is 16.1. The van der Waals surface area contributed by atoms with Gasteiger partial charge in [-0.2, -0.15) is 0 Å². The van der Waals surface area contributed by atoms with Crippen molar-refractivity contribution >= 4 is 0 Å². The lowest BCUT2D eigenvalue weighted by molar-refractivity contribution is -0.257. The van der Waals surface area contributed by atoms with Crippen molar-refractivity contribution in [2.24, 2.45) is 22.2 Å². The summed E-state index contributed by atoms with van der Waals surface area (Å²) in [4.78, 5) is 2.49. The number of rotatable bonds is 1. The van der Waals surface area contributed by atoms with Gasteiger partial charge in [-0.15, -0.1) is 0 Å². The number of likely N-dealkylation sites (N-methyl/N-ethyl adjacent to an activating group) is 1. The molecule has 4 saturated carbocycles. The number of ether oxygens (including phenoxy) is 1. The summed E-state index contributed by atoms with van der Waals surface area (Å²) in [6.45, 7) is 6.66. The summed E-state index contributed by atoms with van der Waals surface area (Å²) in [6.07, 6.45) is 9.91. The Hall–Kier alpha value is -0.120. The number of hydrogen-bond donors (Lipinski definition) is 1. The van der Waals surface area contributed by atoms with E-state index in [4.69, 9.17) is 4.74 Å². The lowest BCUT2D eigenvalue weighted by Gasteiger charge is -2.70. The zero-order valence-corrected chi connectivity index (χ0v) is 15.1. The van der Waals surface area contributed by atoms with Crippen molar-refractivity contribution in [3.05, 3.63) is 0 Å². The molecule has 130 valence electrons. The fourth-order valence-electron chi connectivity index (χ4n) is 8.54. The average molecular weight is 319 g/mol. The molecule has 1 N–H and O–H groups in total. The Kier molecular flexibility index (Phi) is 2.86. The number of piperidine rings is 1. The Morgan fingerprint density at radius 2 is 1.43 bits per heavy atom. The van der Waals surface area contributed by atoms with Gasteiger partial charge in [0.25, 0.3) is 0 Å². The van der Waals surface area contributed by atoms with Crippen molar-refractivity contribution in [3.8, 4) is 0 Å². The standard InChI is InChI=1S/C20H33NO2/c1-17-4-14-5-18(2,11-17)13-19(6-14,12-17)20(22)7-15-9-23-10-16(8-20)21(15)3/h14-16,22H,4-13H2,1-3H3. The Morgan fingerprint density at radius 1 is 0.870 bits per heavy atom. The third-order valence-electron chi connectivity index (χ3n) is 8.53. The van der Waals surface area contributed by atoms with E-state index in [0.29, 0.717) is 22.9 Å². The van der Waals surface area contributed by atoms with Crippen LogP contribution >= 0.6 is 0 Å². The van der Waals surface area contributed by atoms with E-state index in [1.807, 2.05) is 0 Å². The van der Waals surface area contributed by atoms with Gasteiger partial charge >= 0.3 is 0 Å². The smallest absolute Gasteiger partial charge is 0.0735 e. The molecule has 23 heavy (non-hydrogen) atoms. The van der Waals surface area contributed by atoms with Crippen molar-refractivity contribution in [1.29, 1.82) is 0 Å². The fourth-order valence-corrected chi connectivity index (χ4v) is 8.54. The molecule has 6 aliphatic rings. The molecule has 2 aliphatic heterocycles. The third kappa shape index (κ3) is 1.99. The molecule has 2 heterocycles. The molecule has 4 unspecified atom stereocenters. The van der Waals surface area contributed by atoms with Crippen LogP contribution in [0.4, 0.5) is 0 Å². The van der Waals surface area contributed by atoms with Gasteiger partial charge in [-0.05, 0) is 75.2 Å². The zero-order valence-electron chi connectivity index (χ0n) is 15.1. The monoisotopic (exact) mass is 319 g/mol. The second kappa shape index (κ2) is 4.34. The van der Waals surface area contributed by atoms with Crippen LogP contribution in [0, 0.1) is 22.2 Å². The average Bonchev–Trinajstić information content (AvgIpc) is 2.36. The Balaban J connectivity index is 1.53. The molecule has 3 heteroatoms. The van der Waals surface area contributed by atoms with Crippen LogP contribution in [0.2, 0.25) is 0 Å². The molecule has 0 aromatic rings. The Morgan fingerprint density at radius 3 is 1.96 bits per heavy atom. The summed E-state index contributed by atoms with van der Waals surface area (Å²) in [5, 5.41) is 12.0. The molecule has 0 amide bonds. The maximum Gasteiger partial charge on any atom is 0.0735 e. The molecule has 6 rings (SSSR count). The summed E-state index contributed by atoms with van der Waals surface area (Å²) < 4.78 is 5.81. The predicted octanol–water partition coefficient (Wildman–Crippen LogP) is 3.21. The van der Waals surface area contributed by atoms with Crippen LogP contribution in [-0.2, 0) is 4.74 Å². The first kappa shape index (κ1) is 15.2. The molecule has 6 bridgehead atoms. The highest BCUT2D eigenvalue weighted by molar-refractivity contribution is 5.18. The van der Waals surface area contributed by atoms with Gasteiger partial charge in [-0.1, -0.05) is 13.8 Å². The van der Waals surface area contributed by atoms with Crippen LogP contribution < -0.4 is 0 Å². The second-order valence-electron chi connectivity index (χ2n) is 10.9. The van der Waals surface area contributed by atoms with E-state index in [9.17, 15) is 5.11 Å². The van der Waals surface area contributed by atoms with Gasteiger partial charge in [0.1, 0.15) is 0 Å². The Bertz CT molecular complexity index is 500. The summed E-state index contributed by atoms with van der Waals surface area (Å²) in [7, 11) is 2.24. The highest BCUT2D eigenvalue weighted by atomic mass is 16.5. The summed E-state index contributed by atoms with van der Waals surface area (Å²) in [6, 6.07) is 0.835. The third-order valence-corrected chi connectivity index (χ3v) is 8.53. The van der Waals surface area contributed by atoms with E-state index >= 15 is 0 Å². The predicted molar refractivity (Wildman–Crippen MR) is 90.2 cm³/mol. The van der Waals surface area contributed by atoms with Gasteiger partial charge < -0.3 is 9.84 Å². The van der Waals surface area contributed by atoms with Crippen molar-refractivity contribution in [2.75, 3.05) is 20.3 Å². The summed E-state index contributed by atoms with van der Waals surface area (Å²) in [5.41, 5.74) is 0.698. The van der Waals surface area contributed by atoms with Gasteiger partial charge in [0.05, 0.1) is 18.8 Å². The molecule has 0 aromatic carbocycles. The first-order valence-electron chi connectivity index (χ1n) is 9.76. The van der Waals surface area contributed by atoms with Crippen LogP contribution in [-0.4, -0.2) is 48.0 Å². The lowest BCUT2D eigenvalue weighted by Crippen LogP contribution is -2.69. The van der Waals surface area contributed by atoms with E-state index in [1.165, 1.54) is 38.5 Å². The molecular weight excluding hydrogens is 286 g/mol. The molecular formula is C20H33NO2. The van der Waals surface area contributed by atoms with E-state index in [1.54, 1.807) is 0 Å². The minimum absolute atomic E-state index is 0.186. The SMILES string of the molecule is CN1C2COCC1CC(O)(C13CC4CC(C)(CC(C)(C4)C1)C3)C2. The number of hydrogen-bond acceptors (Lipinski definition) is 3. The maximum absolute atomic E-state index is 12.0. The molecule has 4 aliphatic carbocycles. The number of fused-ring (bicyclic) bond motifs is 2. The Labute approximate surface area is 140 Å². The molecule has 3 nitrogen and oxygen atoms in total. The quantitative estimate of drug-likeness (QED) is 0.805. The maximum atomic E-state index is 12.0. The molecule has 0 radical (unpaired) electrons. The fraction of sp³-hybridized carbons (Fsp3) is 1.00. The number of morpholine rings is 1.